The maximum atomic E-state index is 11.9. The lowest BCUT2D eigenvalue weighted by atomic mass is 9.95. The molecule has 0 spiro atoms. The van der Waals surface area contributed by atoms with Crippen LogP contribution in [0, 0.1) is 0 Å². The van der Waals surface area contributed by atoms with Crippen LogP contribution >= 0.6 is 24.0 Å². The number of amides is 1. The van der Waals surface area contributed by atoms with Gasteiger partial charge in [0.25, 0.3) is 0 Å². The van der Waals surface area contributed by atoms with Gasteiger partial charge in [-0.1, -0.05) is 19.3 Å². The molecule has 0 radical (unpaired) electrons. The van der Waals surface area contributed by atoms with E-state index in [0.29, 0.717) is 12.4 Å². The maximum Gasteiger partial charge on any atom is 0.239 e. The molecule has 1 saturated heterocycles. The van der Waals surface area contributed by atoms with Crippen molar-refractivity contribution in [3.63, 3.8) is 0 Å². The molecule has 1 heterocycles. The summed E-state index contributed by atoms with van der Waals surface area (Å²) >= 11 is 0. The fourth-order valence-electron chi connectivity index (χ4n) is 2.99. The summed E-state index contributed by atoms with van der Waals surface area (Å²) in [6, 6.07) is 0.163. The van der Waals surface area contributed by atoms with Crippen molar-refractivity contribution >= 4 is 45.7 Å². The Labute approximate surface area is 155 Å². The Bertz CT molecular complexity index is 518. The molecule has 2 rings (SSSR count). The topological polar surface area (TPSA) is 99.7 Å². The summed E-state index contributed by atoms with van der Waals surface area (Å²) in [5, 5.41) is 9.03. The number of guanidine groups is 1. The van der Waals surface area contributed by atoms with Gasteiger partial charge in [0.15, 0.2) is 15.8 Å². The van der Waals surface area contributed by atoms with E-state index in [9.17, 15) is 13.2 Å². The number of halogens is 1. The predicted octanol–water partition coefficient (Wildman–Crippen LogP) is 0.405. The normalized spacial score (nSPS) is 24.6. The average molecular weight is 458 g/mol. The Morgan fingerprint density at radius 1 is 1.09 bits per heavy atom. The van der Waals surface area contributed by atoms with Crippen LogP contribution in [0.1, 0.15) is 38.5 Å². The molecule has 1 aliphatic heterocycles. The number of nitrogens with one attached hydrogen (secondary N) is 3. The number of nitrogens with zero attached hydrogens (tertiary/aromatic N) is 1. The number of carbonyl (C=O) groups is 1. The molecule has 1 saturated carbocycles. The Hall–Kier alpha value is -0.580. The minimum absolute atomic E-state index is 0. The number of hydrogen-bond acceptors (Lipinski definition) is 4. The van der Waals surface area contributed by atoms with Crippen molar-refractivity contribution in [1.29, 1.82) is 0 Å². The highest BCUT2D eigenvalue weighted by Gasteiger charge is 2.28. The second-order valence-corrected chi connectivity index (χ2v) is 8.30. The molecule has 0 aromatic carbocycles. The first-order chi connectivity index (χ1) is 10.5. The highest BCUT2D eigenvalue weighted by molar-refractivity contribution is 14.0. The summed E-state index contributed by atoms with van der Waals surface area (Å²) in [4.78, 5) is 16.0. The average Bonchev–Trinajstić information content (AvgIpc) is 2.83. The lowest BCUT2D eigenvalue weighted by Gasteiger charge is -2.23. The van der Waals surface area contributed by atoms with E-state index in [0.717, 1.165) is 12.8 Å². The van der Waals surface area contributed by atoms with Crippen LogP contribution in [0.2, 0.25) is 0 Å². The van der Waals surface area contributed by atoms with E-state index in [-0.39, 0.29) is 60.0 Å². The second-order valence-electron chi connectivity index (χ2n) is 6.07. The molecule has 7 nitrogen and oxygen atoms in total. The van der Waals surface area contributed by atoms with Crippen LogP contribution in [0.3, 0.4) is 0 Å². The van der Waals surface area contributed by atoms with Gasteiger partial charge >= 0.3 is 0 Å². The first kappa shape index (κ1) is 20.5. The van der Waals surface area contributed by atoms with Gasteiger partial charge in [-0.3, -0.25) is 9.79 Å². The molecule has 23 heavy (non-hydrogen) atoms. The van der Waals surface area contributed by atoms with Crippen LogP contribution in [-0.2, 0) is 14.6 Å². The van der Waals surface area contributed by atoms with Crippen LogP contribution in [-0.4, -0.2) is 57.5 Å². The van der Waals surface area contributed by atoms with Crippen LogP contribution in [0.4, 0.5) is 0 Å². The molecule has 134 valence electrons. The summed E-state index contributed by atoms with van der Waals surface area (Å²) in [5.41, 5.74) is 0. The second kappa shape index (κ2) is 9.65. The fourth-order valence-corrected chi connectivity index (χ4v) is 4.66. The van der Waals surface area contributed by atoms with Gasteiger partial charge in [-0.15, -0.1) is 24.0 Å². The third kappa shape index (κ3) is 7.23. The summed E-state index contributed by atoms with van der Waals surface area (Å²) in [6.45, 7) is 0.148. The fraction of sp³-hybridized carbons (Fsp3) is 0.857. The molecule has 0 bridgehead atoms. The highest BCUT2D eigenvalue weighted by atomic mass is 127. The van der Waals surface area contributed by atoms with Crippen molar-refractivity contribution in [1.82, 2.24) is 16.0 Å². The molecular weight excluding hydrogens is 431 g/mol. The molecule has 1 atom stereocenters. The van der Waals surface area contributed by atoms with E-state index < -0.39 is 9.84 Å². The van der Waals surface area contributed by atoms with Crippen molar-refractivity contribution in [3.8, 4) is 0 Å². The Balaban J connectivity index is 0.00000264. The maximum absolute atomic E-state index is 11.9. The van der Waals surface area contributed by atoms with Crippen molar-refractivity contribution in [2.24, 2.45) is 4.99 Å². The van der Waals surface area contributed by atoms with Gasteiger partial charge in [0.2, 0.25) is 5.91 Å². The number of sulfone groups is 1. The van der Waals surface area contributed by atoms with E-state index in [2.05, 4.69) is 20.9 Å². The van der Waals surface area contributed by atoms with Crippen LogP contribution in [0.5, 0.6) is 0 Å². The first-order valence-electron chi connectivity index (χ1n) is 7.95. The van der Waals surface area contributed by atoms with Crippen molar-refractivity contribution in [2.45, 2.75) is 50.6 Å². The Morgan fingerprint density at radius 2 is 1.78 bits per heavy atom. The summed E-state index contributed by atoms with van der Waals surface area (Å²) < 4.78 is 22.9. The highest BCUT2D eigenvalue weighted by Crippen LogP contribution is 2.17. The van der Waals surface area contributed by atoms with Gasteiger partial charge in [0.1, 0.15) is 0 Å². The predicted molar refractivity (Wildman–Crippen MR) is 102 cm³/mol. The number of hydrogen-bond donors (Lipinski definition) is 3. The van der Waals surface area contributed by atoms with Gasteiger partial charge in [0, 0.05) is 19.1 Å². The van der Waals surface area contributed by atoms with Crippen molar-refractivity contribution in [2.75, 3.05) is 25.1 Å². The number of carbonyl (C=O) groups excluding carboxylic acids is 1. The molecule has 3 N–H and O–H groups in total. The lowest BCUT2D eigenvalue weighted by Crippen LogP contribution is -2.48. The van der Waals surface area contributed by atoms with E-state index in [1.165, 1.54) is 19.3 Å². The minimum atomic E-state index is -2.92. The smallest absolute Gasteiger partial charge is 0.239 e. The third-order valence-corrected chi connectivity index (χ3v) is 5.95. The third-order valence-electron chi connectivity index (χ3n) is 4.18. The largest absolute Gasteiger partial charge is 0.353 e. The van der Waals surface area contributed by atoms with Crippen LogP contribution < -0.4 is 16.0 Å². The summed E-state index contributed by atoms with van der Waals surface area (Å²) in [7, 11) is -1.32. The molecule has 2 fully saturated rings. The van der Waals surface area contributed by atoms with Gasteiger partial charge < -0.3 is 16.0 Å². The zero-order valence-electron chi connectivity index (χ0n) is 13.5. The van der Waals surface area contributed by atoms with E-state index >= 15 is 0 Å². The molecule has 1 unspecified atom stereocenters. The van der Waals surface area contributed by atoms with Crippen molar-refractivity contribution < 1.29 is 13.2 Å². The zero-order chi connectivity index (χ0) is 16.0. The lowest BCUT2D eigenvalue weighted by molar-refractivity contribution is -0.120. The Morgan fingerprint density at radius 3 is 2.35 bits per heavy atom. The van der Waals surface area contributed by atoms with Gasteiger partial charge in [0.05, 0.1) is 18.1 Å². The molecule has 1 aliphatic carbocycles. The molecule has 0 aromatic rings. The minimum Gasteiger partial charge on any atom is -0.353 e. The van der Waals surface area contributed by atoms with Crippen molar-refractivity contribution in [3.05, 3.63) is 0 Å². The SMILES string of the molecule is CN=C(NCC(=O)NC1CCCCC1)NC1CCS(=O)(=O)C1.I. The summed E-state index contributed by atoms with van der Waals surface area (Å²) in [5.74, 6) is 0.765. The van der Waals surface area contributed by atoms with E-state index in [1.807, 2.05) is 0 Å². The van der Waals surface area contributed by atoms with Gasteiger partial charge in [-0.25, -0.2) is 8.42 Å². The molecular formula is C14H27IN4O3S. The number of aliphatic imine (C=N–C) groups is 1. The first-order valence-corrected chi connectivity index (χ1v) is 9.77. The quantitative estimate of drug-likeness (QED) is 0.322. The van der Waals surface area contributed by atoms with Crippen LogP contribution in [0.25, 0.3) is 0 Å². The zero-order valence-corrected chi connectivity index (χ0v) is 16.7. The monoisotopic (exact) mass is 458 g/mol. The molecule has 0 aromatic heterocycles. The van der Waals surface area contributed by atoms with Gasteiger partial charge in [-0.2, -0.15) is 0 Å². The standard InChI is InChI=1S/C14H26N4O3S.HI/c1-15-14(18-12-7-8-22(20,21)10-12)16-9-13(19)17-11-5-3-2-4-6-11;/h11-12H,2-10H2,1H3,(H,17,19)(H2,15,16,18);1H. The van der Waals surface area contributed by atoms with E-state index in [1.54, 1.807) is 7.05 Å². The van der Waals surface area contributed by atoms with E-state index in [4.69, 9.17) is 0 Å². The molecule has 2 aliphatic rings. The summed E-state index contributed by atoms with van der Waals surface area (Å²) in [6.07, 6.45) is 6.30. The number of rotatable bonds is 4. The van der Waals surface area contributed by atoms with Gasteiger partial charge in [-0.05, 0) is 19.3 Å². The molecule has 1 amide bonds. The Kier molecular flexibility index (Phi) is 8.59. The molecule has 9 heteroatoms. The van der Waals surface area contributed by atoms with Crippen LogP contribution in [0.15, 0.2) is 4.99 Å².